The zero-order valence-corrected chi connectivity index (χ0v) is 6.92. The summed E-state index contributed by atoms with van der Waals surface area (Å²) >= 11 is 5.52. The van der Waals surface area contributed by atoms with Gasteiger partial charge < -0.3 is 5.21 Å². The summed E-state index contributed by atoms with van der Waals surface area (Å²) in [6, 6.07) is 3.64. The van der Waals surface area contributed by atoms with Gasteiger partial charge in [0.05, 0.1) is 0 Å². The highest BCUT2D eigenvalue weighted by atomic mass is 35.5. The number of alkyl halides is 1. The summed E-state index contributed by atoms with van der Waals surface area (Å²) in [5.74, 6) is 0.673. The molecule has 0 saturated carbocycles. The third kappa shape index (κ3) is 2.76. The van der Waals surface area contributed by atoms with Crippen molar-refractivity contribution in [3.8, 4) is 0 Å². The van der Waals surface area contributed by atoms with Gasteiger partial charge in [-0.3, -0.25) is 0 Å². The van der Waals surface area contributed by atoms with Gasteiger partial charge in [-0.15, -0.1) is 11.6 Å². The molecule has 60 valence electrons. The van der Waals surface area contributed by atoms with Crippen LogP contribution in [0.1, 0.15) is 12.0 Å². The molecule has 0 amide bonds. The second kappa shape index (κ2) is 4.19. The maximum atomic E-state index is 10.6. The molecule has 0 aliphatic rings. The van der Waals surface area contributed by atoms with Crippen LogP contribution in [0.4, 0.5) is 0 Å². The van der Waals surface area contributed by atoms with Crippen LogP contribution in [-0.2, 0) is 6.42 Å². The van der Waals surface area contributed by atoms with Crippen LogP contribution in [0.3, 0.4) is 0 Å². The molecule has 1 heterocycles. The minimum atomic E-state index is 0.673. The smallest absolute Gasteiger partial charge is 0.180 e. The highest BCUT2D eigenvalue weighted by Crippen LogP contribution is 2.00. The summed E-state index contributed by atoms with van der Waals surface area (Å²) in [6.07, 6.45) is 4.92. The fraction of sp³-hybridized carbons (Fsp3) is 0.375. The first-order valence-electron chi connectivity index (χ1n) is 3.56. The number of hydrogen-bond acceptors (Lipinski definition) is 1. The number of nitrogens with zero attached hydrogens (tertiary/aromatic N) is 1. The standard InChI is InChI=1S/C8H10ClNO/c9-5-1-2-8-3-6-10(11)7-4-8/h3-4,6-7H,1-2,5H2. The van der Waals surface area contributed by atoms with Crippen LogP contribution in [0.25, 0.3) is 0 Å². The highest BCUT2D eigenvalue weighted by Gasteiger charge is 1.93. The SMILES string of the molecule is [O-][n+]1ccc(CCCCl)cc1. The average molecular weight is 172 g/mol. The van der Waals surface area contributed by atoms with E-state index < -0.39 is 0 Å². The molecule has 0 unspecified atom stereocenters. The molecule has 0 spiro atoms. The van der Waals surface area contributed by atoms with Gasteiger partial charge in [0.1, 0.15) is 0 Å². The number of halogens is 1. The van der Waals surface area contributed by atoms with Crippen molar-refractivity contribution in [3.05, 3.63) is 35.3 Å². The number of rotatable bonds is 3. The van der Waals surface area contributed by atoms with Gasteiger partial charge in [-0.25, -0.2) is 0 Å². The Morgan fingerprint density at radius 2 is 2.00 bits per heavy atom. The van der Waals surface area contributed by atoms with Crippen molar-refractivity contribution < 1.29 is 4.73 Å². The molecule has 1 aromatic heterocycles. The summed E-state index contributed by atoms with van der Waals surface area (Å²) in [5.41, 5.74) is 1.16. The molecule has 2 nitrogen and oxygen atoms in total. The Labute approximate surface area is 71.0 Å². The van der Waals surface area contributed by atoms with E-state index in [9.17, 15) is 5.21 Å². The van der Waals surface area contributed by atoms with Crippen molar-refractivity contribution >= 4 is 11.6 Å². The normalized spacial score (nSPS) is 9.91. The Morgan fingerprint density at radius 1 is 1.36 bits per heavy atom. The predicted octanol–water partition coefficient (Wildman–Crippen LogP) is 1.49. The van der Waals surface area contributed by atoms with Crippen LogP contribution in [0.15, 0.2) is 24.5 Å². The van der Waals surface area contributed by atoms with E-state index in [1.165, 1.54) is 12.4 Å². The predicted molar refractivity (Wildman–Crippen MR) is 44.4 cm³/mol. The van der Waals surface area contributed by atoms with E-state index in [2.05, 4.69) is 0 Å². The lowest BCUT2D eigenvalue weighted by molar-refractivity contribution is -0.605. The van der Waals surface area contributed by atoms with Gasteiger partial charge in [0, 0.05) is 18.0 Å². The van der Waals surface area contributed by atoms with Crippen molar-refractivity contribution in [2.75, 3.05) is 5.88 Å². The number of pyridine rings is 1. The molecule has 0 fully saturated rings. The Bertz CT molecular complexity index is 210. The van der Waals surface area contributed by atoms with Crippen molar-refractivity contribution in [2.45, 2.75) is 12.8 Å². The zero-order valence-electron chi connectivity index (χ0n) is 6.16. The minimum Gasteiger partial charge on any atom is -0.619 e. The zero-order chi connectivity index (χ0) is 8.10. The molecule has 0 aromatic carbocycles. The lowest BCUT2D eigenvalue weighted by Crippen LogP contribution is -2.23. The summed E-state index contributed by atoms with van der Waals surface area (Å²) in [6.45, 7) is 0. The first-order chi connectivity index (χ1) is 5.33. The van der Waals surface area contributed by atoms with Crippen LogP contribution in [0, 0.1) is 5.21 Å². The summed E-state index contributed by atoms with van der Waals surface area (Å²) < 4.78 is 0.782. The van der Waals surface area contributed by atoms with Gasteiger partial charge in [-0.2, -0.15) is 4.73 Å². The Balaban J connectivity index is 2.52. The van der Waals surface area contributed by atoms with Crippen LogP contribution in [0.2, 0.25) is 0 Å². The Kier molecular flexibility index (Phi) is 3.17. The monoisotopic (exact) mass is 171 g/mol. The molecular weight excluding hydrogens is 162 g/mol. The molecule has 0 aliphatic heterocycles. The summed E-state index contributed by atoms with van der Waals surface area (Å²) in [4.78, 5) is 0. The number of hydrogen-bond donors (Lipinski definition) is 0. The average Bonchev–Trinajstić information content (AvgIpc) is 2.04. The van der Waals surface area contributed by atoms with Crippen LogP contribution >= 0.6 is 11.6 Å². The molecule has 0 bridgehead atoms. The summed E-state index contributed by atoms with van der Waals surface area (Å²) in [5, 5.41) is 10.6. The molecule has 0 saturated heterocycles. The van der Waals surface area contributed by atoms with Gasteiger partial charge in [-0.1, -0.05) is 0 Å². The third-order valence-electron chi connectivity index (χ3n) is 1.47. The number of aromatic nitrogens is 1. The molecule has 1 rings (SSSR count). The second-order valence-electron chi connectivity index (χ2n) is 2.36. The lowest BCUT2D eigenvalue weighted by atomic mass is 10.2. The molecule has 3 heteroatoms. The quantitative estimate of drug-likeness (QED) is 0.385. The van der Waals surface area contributed by atoms with Crippen LogP contribution < -0.4 is 4.73 Å². The first-order valence-corrected chi connectivity index (χ1v) is 4.10. The van der Waals surface area contributed by atoms with Gasteiger partial charge in [-0.05, 0) is 18.4 Å². The molecular formula is C8H10ClNO. The second-order valence-corrected chi connectivity index (χ2v) is 2.74. The van der Waals surface area contributed by atoms with Gasteiger partial charge >= 0.3 is 0 Å². The van der Waals surface area contributed by atoms with E-state index in [1.54, 1.807) is 0 Å². The minimum absolute atomic E-state index is 0.673. The first kappa shape index (κ1) is 8.34. The fourth-order valence-electron chi connectivity index (χ4n) is 0.881. The molecule has 0 N–H and O–H groups in total. The summed E-state index contributed by atoms with van der Waals surface area (Å²) in [7, 11) is 0. The van der Waals surface area contributed by atoms with Gasteiger partial charge in [0.15, 0.2) is 12.4 Å². The topological polar surface area (TPSA) is 26.9 Å². The Morgan fingerprint density at radius 3 is 2.55 bits per heavy atom. The van der Waals surface area contributed by atoms with E-state index in [-0.39, 0.29) is 0 Å². The maximum absolute atomic E-state index is 10.6. The van der Waals surface area contributed by atoms with Crippen molar-refractivity contribution in [2.24, 2.45) is 0 Å². The molecule has 0 aliphatic carbocycles. The largest absolute Gasteiger partial charge is 0.619 e. The van der Waals surface area contributed by atoms with Crippen LogP contribution in [0.5, 0.6) is 0 Å². The van der Waals surface area contributed by atoms with E-state index in [1.807, 2.05) is 12.1 Å². The van der Waals surface area contributed by atoms with E-state index in [4.69, 9.17) is 11.6 Å². The van der Waals surface area contributed by atoms with Gasteiger partial charge in [0.2, 0.25) is 0 Å². The number of aryl methyl sites for hydroxylation is 1. The van der Waals surface area contributed by atoms with Crippen LogP contribution in [-0.4, -0.2) is 5.88 Å². The molecule has 0 atom stereocenters. The van der Waals surface area contributed by atoms with Gasteiger partial charge in [0.25, 0.3) is 0 Å². The molecule has 1 aromatic rings. The fourth-order valence-corrected chi connectivity index (χ4v) is 1.01. The lowest BCUT2D eigenvalue weighted by Gasteiger charge is -1.98. The van der Waals surface area contributed by atoms with Crippen molar-refractivity contribution in [3.63, 3.8) is 0 Å². The third-order valence-corrected chi connectivity index (χ3v) is 1.74. The highest BCUT2D eigenvalue weighted by molar-refractivity contribution is 6.17. The van der Waals surface area contributed by atoms with E-state index in [0.29, 0.717) is 5.88 Å². The van der Waals surface area contributed by atoms with Crippen molar-refractivity contribution in [1.82, 2.24) is 0 Å². The van der Waals surface area contributed by atoms with Crippen molar-refractivity contribution in [1.29, 1.82) is 0 Å². The van der Waals surface area contributed by atoms with E-state index in [0.717, 1.165) is 23.1 Å². The maximum Gasteiger partial charge on any atom is 0.180 e. The molecule has 11 heavy (non-hydrogen) atoms. The molecule has 0 radical (unpaired) electrons. The van der Waals surface area contributed by atoms with E-state index >= 15 is 0 Å². The Hall–Kier alpha value is -0.760.